The first-order valence-corrected chi connectivity index (χ1v) is 12.5. The summed E-state index contributed by atoms with van der Waals surface area (Å²) in [6.07, 6.45) is 5.70. The first-order chi connectivity index (χ1) is 15.4. The van der Waals surface area contributed by atoms with Crippen molar-refractivity contribution in [3.8, 4) is 0 Å². The Kier molecular flexibility index (Phi) is 6.95. The molecule has 0 saturated carbocycles. The van der Waals surface area contributed by atoms with Crippen molar-refractivity contribution in [2.75, 3.05) is 39.3 Å². The van der Waals surface area contributed by atoms with Crippen LogP contribution in [0.25, 0.3) is 10.2 Å². The average Bonchev–Trinajstić information content (AvgIpc) is 3.13. The third-order valence-electron chi connectivity index (χ3n) is 6.74. The number of thiophene rings is 1. The molecule has 0 radical (unpaired) electrons. The van der Waals surface area contributed by atoms with E-state index >= 15 is 0 Å². The normalized spacial score (nSPS) is 20.2. The van der Waals surface area contributed by atoms with Crippen LogP contribution in [0.4, 0.5) is 0 Å². The van der Waals surface area contributed by atoms with Crippen molar-refractivity contribution in [3.63, 3.8) is 0 Å². The van der Waals surface area contributed by atoms with E-state index in [4.69, 9.17) is 0 Å². The molecule has 2 amide bonds. The summed E-state index contributed by atoms with van der Waals surface area (Å²) >= 11 is 1.28. The van der Waals surface area contributed by atoms with Gasteiger partial charge in [-0.25, -0.2) is 4.98 Å². The van der Waals surface area contributed by atoms with Gasteiger partial charge >= 0.3 is 0 Å². The fraction of sp³-hybridized carbons (Fsp3) is 0.652. The zero-order valence-electron chi connectivity index (χ0n) is 19.3. The minimum atomic E-state index is -0.242. The van der Waals surface area contributed by atoms with Gasteiger partial charge in [0.2, 0.25) is 5.91 Å². The molecule has 9 heteroatoms. The Balaban J connectivity index is 1.54. The summed E-state index contributed by atoms with van der Waals surface area (Å²) in [5.74, 6) is -0.0691. The van der Waals surface area contributed by atoms with Gasteiger partial charge in [-0.15, -0.1) is 11.3 Å². The Morgan fingerprint density at radius 3 is 2.59 bits per heavy atom. The molecule has 2 aromatic heterocycles. The minimum Gasteiger partial charge on any atom is -0.338 e. The van der Waals surface area contributed by atoms with E-state index in [2.05, 4.69) is 23.7 Å². The van der Waals surface area contributed by atoms with Crippen LogP contribution in [0.1, 0.15) is 54.8 Å². The molecule has 4 heterocycles. The number of hydrogen-bond donors (Lipinski definition) is 0. The summed E-state index contributed by atoms with van der Waals surface area (Å²) in [6, 6.07) is 0.202. The molecule has 2 aliphatic heterocycles. The Labute approximate surface area is 192 Å². The molecule has 2 aromatic rings. The quantitative estimate of drug-likeness (QED) is 0.686. The topological polar surface area (TPSA) is 78.8 Å². The van der Waals surface area contributed by atoms with Crippen LogP contribution in [0.2, 0.25) is 0 Å². The van der Waals surface area contributed by atoms with Crippen LogP contribution in [0.3, 0.4) is 0 Å². The molecular formula is C23H33N5O3S. The lowest BCUT2D eigenvalue weighted by Gasteiger charge is -2.34. The second kappa shape index (κ2) is 9.70. The molecule has 32 heavy (non-hydrogen) atoms. The van der Waals surface area contributed by atoms with Crippen molar-refractivity contribution >= 4 is 33.4 Å². The lowest BCUT2D eigenvalue weighted by atomic mass is 10.0. The van der Waals surface area contributed by atoms with Crippen molar-refractivity contribution < 1.29 is 9.59 Å². The second-order valence-corrected chi connectivity index (χ2v) is 9.98. The van der Waals surface area contributed by atoms with Crippen molar-refractivity contribution in [2.24, 2.45) is 0 Å². The first kappa shape index (κ1) is 22.9. The van der Waals surface area contributed by atoms with E-state index in [1.54, 1.807) is 0 Å². The van der Waals surface area contributed by atoms with Crippen LogP contribution in [-0.4, -0.2) is 81.4 Å². The molecule has 0 bridgehead atoms. The largest absolute Gasteiger partial charge is 0.338 e. The summed E-state index contributed by atoms with van der Waals surface area (Å²) in [5, 5.41) is 0.463. The van der Waals surface area contributed by atoms with E-state index in [9.17, 15) is 14.4 Å². The van der Waals surface area contributed by atoms with Crippen LogP contribution < -0.4 is 5.56 Å². The van der Waals surface area contributed by atoms with Crippen molar-refractivity contribution in [3.05, 3.63) is 27.1 Å². The Morgan fingerprint density at radius 1 is 1.16 bits per heavy atom. The molecule has 2 aliphatic rings. The number of carbonyl (C=O) groups excluding carboxylic acids is 2. The van der Waals surface area contributed by atoms with Crippen LogP contribution in [0.5, 0.6) is 0 Å². The summed E-state index contributed by atoms with van der Waals surface area (Å²) in [5.41, 5.74) is 0.435. The maximum absolute atomic E-state index is 13.2. The van der Waals surface area contributed by atoms with Gasteiger partial charge in [0.1, 0.15) is 11.4 Å². The number of rotatable bonds is 5. The third kappa shape index (κ3) is 4.45. The van der Waals surface area contributed by atoms with E-state index in [0.29, 0.717) is 33.7 Å². The maximum Gasteiger partial charge on any atom is 0.264 e. The summed E-state index contributed by atoms with van der Waals surface area (Å²) < 4.78 is 1.39. The van der Waals surface area contributed by atoms with Crippen molar-refractivity contribution in [2.45, 2.75) is 59.0 Å². The highest BCUT2D eigenvalue weighted by atomic mass is 32.1. The SMILES string of the molecule is CCCN1CCN(C(=O)c2sc3ncn(CC(=O)N4CCCCC4C)c(=O)c3c2C)CC1. The summed E-state index contributed by atoms with van der Waals surface area (Å²) in [7, 11) is 0. The van der Waals surface area contributed by atoms with Crippen LogP contribution >= 0.6 is 11.3 Å². The number of aryl methyl sites for hydroxylation is 1. The number of likely N-dealkylation sites (tertiary alicyclic amines) is 1. The highest BCUT2D eigenvalue weighted by Gasteiger charge is 2.27. The lowest BCUT2D eigenvalue weighted by molar-refractivity contribution is -0.135. The molecular weight excluding hydrogens is 426 g/mol. The number of hydrogen-bond acceptors (Lipinski definition) is 6. The molecule has 174 valence electrons. The van der Waals surface area contributed by atoms with E-state index in [1.165, 1.54) is 22.2 Å². The molecule has 0 N–H and O–H groups in total. The third-order valence-corrected chi connectivity index (χ3v) is 7.93. The molecule has 1 atom stereocenters. The van der Waals surface area contributed by atoms with E-state index in [-0.39, 0.29) is 30.0 Å². The van der Waals surface area contributed by atoms with Crippen LogP contribution in [0.15, 0.2) is 11.1 Å². The van der Waals surface area contributed by atoms with Gasteiger partial charge in [-0.2, -0.15) is 0 Å². The van der Waals surface area contributed by atoms with E-state index < -0.39 is 0 Å². The van der Waals surface area contributed by atoms with Gasteiger partial charge in [-0.05, 0) is 51.6 Å². The molecule has 8 nitrogen and oxygen atoms in total. The molecule has 1 unspecified atom stereocenters. The highest BCUT2D eigenvalue weighted by Crippen LogP contribution is 2.28. The molecule has 2 fully saturated rings. The van der Waals surface area contributed by atoms with Gasteiger partial charge in [-0.3, -0.25) is 23.9 Å². The highest BCUT2D eigenvalue weighted by molar-refractivity contribution is 7.20. The number of piperazine rings is 1. The predicted octanol–water partition coefficient (Wildman–Crippen LogP) is 2.34. The Morgan fingerprint density at radius 2 is 1.91 bits per heavy atom. The standard InChI is InChI=1S/C23H33N5O3S/c1-4-8-25-10-12-26(13-11-25)23(31)20-17(3)19-21(32-20)24-15-27(22(19)30)14-18(29)28-9-6-5-7-16(28)2/h15-16H,4-14H2,1-3H3. The Hall–Kier alpha value is -2.26. The van der Waals surface area contributed by atoms with E-state index in [1.807, 2.05) is 16.7 Å². The number of carbonyl (C=O) groups is 2. The monoisotopic (exact) mass is 459 g/mol. The average molecular weight is 460 g/mol. The van der Waals surface area contributed by atoms with Crippen molar-refractivity contribution in [1.82, 2.24) is 24.3 Å². The molecule has 4 rings (SSSR count). The molecule has 0 aromatic carbocycles. The summed E-state index contributed by atoms with van der Waals surface area (Å²) in [6.45, 7) is 11.0. The van der Waals surface area contributed by atoms with Gasteiger partial charge in [0.15, 0.2) is 0 Å². The zero-order valence-corrected chi connectivity index (χ0v) is 20.1. The molecule has 2 saturated heterocycles. The molecule has 0 spiro atoms. The van der Waals surface area contributed by atoms with Gasteiger partial charge in [0.05, 0.1) is 16.6 Å². The van der Waals surface area contributed by atoms with E-state index in [0.717, 1.165) is 51.9 Å². The second-order valence-electron chi connectivity index (χ2n) is 8.98. The first-order valence-electron chi connectivity index (χ1n) is 11.7. The van der Waals surface area contributed by atoms with Crippen LogP contribution in [0, 0.1) is 6.92 Å². The Bertz CT molecular complexity index is 1050. The summed E-state index contributed by atoms with van der Waals surface area (Å²) in [4.78, 5) is 50.9. The number of nitrogens with zero attached hydrogens (tertiary/aromatic N) is 5. The number of aromatic nitrogens is 2. The van der Waals surface area contributed by atoms with Gasteiger partial charge in [-0.1, -0.05) is 6.92 Å². The number of amides is 2. The molecule has 0 aliphatic carbocycles. The van der Waals surface area contributed by atoms with Gasteiger partial charge < -0.3 is 9.80 Å². The van der Waals surface area contributed by atoms with Crippen molar-refractivity contribution in [1.29, 1.82) is 0 Å². The zero-order chi connectivity index (χ0) is 22.8. The predicted molar refractivity (Wildman–Crippen MR) is 126 cm³/mol. The van der Waals surface area contributed by atoms with Gasteiger partial charge in [0, 0.05) is 38.8 Å². The van der Waals surface area contributed by atoms with Crippen LogP contribution in [-0.2, 0) is 11.3 Å². The maximum atomic E-state index is 13.2. The lowest BCUT2D eigenvalue weighted by Crippen LogP contribution is -2.48. The minimum absolute atomic E-state index is 0.00985. The number of piperidine rings is 1. The fourth-order valence-electron chi connectivity index (χ4n) is 4.82. The van der Waals surface area contributed by atoms with Gasteiger partial charge in [0.25, 0.3) is 11.5 Å². The fourth-order valence-corrected chi connectivity index (χ4v) is 5.92. The smallest absolute Gasteiger partial charge is 0.264 e. The number of fused-ring (bicyclic) bond motifs is 1.